The molecule has 8 heteroatoms. The van der Waals surface area contributed by atoms with Gasteiger partial charge >= 0.3 is 5.97 Å². The number of benzene rings is 1. The first-order chi connectivity index (χ1) is 14.2. The van der Waals surface area contributed by atoms with Crippen LogP contribution in [0.25, 0.3) is 11.0 Å². The predicted molar refractivity (Wildman–Crippen MR) is 116 cm³/mol. The molecular formula is C22H28FN3O4. The van der Waals surface area contributed by atoms with Crippen molar-refractivity contribution in [2.45, 2.75) is 27.3 Å². The molecule has 1 aromatic carbocycles. The molecule has 0 saturated carbocycles. The van der Waals surface area contributed by atoms with Crippen LogP contribution in [0.4, 0.5) is 15.9 Å². The Morgan fingerprint density at radius 1 is 1.27 bits per heavy atom. The number of furan rings is 1. The van der Waals surface area contributed by atoms with E-state index in [-0.39, 0.29) is 33.6 Å². The standard InChI is InChI=1S/C20H22FN3O4.C2H6/c1-11-6-7-15(14(21)8-11)22-18-16(20(26)27-5)17-13(19(25)24(18)4)9-12(28-17)10-23(2)3;1-2/h6-9,22H,10H2,1-5H3;1-2H3. The van der Waals surface area contributed by atoms with Crippen molar-refractivity contribution >= 4 is 28.4 Å². The van der Waals surface area contributed by atoms with Crippen LogP contribution in [0.15, 0.2) is 33.5 Å². The lowest BCUT2D eigenvalue weighted by molar-refractivity contribution is 0.0602. The van der Waals surface area contributed by atoms with E-state index < -0.39 is 11.8 Å². The number of nitrogens with zero attached hydrogens (tertiary/aromatic N) is 2. The van der Waals surface area contributed by atoms with Crippen LogP contribution >= 0.6 is 0 Å². The molecule has 30 heavy (non-hydrogen) atoms. The normalized spacial score (nSPS) is 10.7. The summed E-state index contributed by atoms with van der Waals surface area (Å²) in [6.45, 7) is 6.22. The zero-order valence-electron chi connectivity index (χ0n) is 18.4. The lowest BCUT2D eigenvalue weighted by Crippen LogP contribution is -2.23. The molecule has 1 N–H and O–H groups in total. The van der Waals surface area contributed by atoms with Gasteiger partial charge in [0.05, 0.1) is 24.7 Å². The summed E-state index contributed by atoms with van der Waals surface area (Å²) in [7, 11) is 6.46. The predicted octanol–water partition coefficient (Wildman–Crippen LogP) is 4.20. The average molecular weight is 417 g/mol. The summed E-state index contributed by atoms with van der Waals surface area (Å²) in [5, 5.41) is 3.11. The van der Waals surface area contributed by atoms with Crippen LogP contribution in [0.3, 0.4) is 0 Å². The molecule has 0 radical (unpaired) electrons. The number of esters is 1. The number of hydrogen-bond acceptors (Lipinski definition) is 6. The van der Waals surface area contributed by atoms with Gasteiger partial charge in [0.15, 0.2) is 5.58 Å². The maximum absolute atomic E-state index is 14.3. The molecule has 2 heterocycles. The fraction of sp³-hybridized carbons (Fsp3) is 0.364. The van der Waals surface area contributed by atoms with Gasteiger partial charge in [-0.25, -0.2) is 9.18 Å². The summed E-state index contributed by atoms with van der Waals surface area (Å²) in [6.07, 6.45) is 0. The number of ether oxygens (including phenoxy) is 1. The Labute approximate surface area is 175 Å². The van der Waals surface area contributed by atoms with Crippen molar-refractivity contribution in [3.05, 3.63) is 57.3 Å². The molecule has 0 saturated heterocycles. The summed E-state index contributed by atoms with van der Waals surface area (Å²) < 4.78 is 26.3. The smallest absolute Gasteiger partial charge is 0.345 e. The highest BCUT2D eigenvalue weighted by Crippen LogP contribution is 2.30. The lowest BCUT2D eigenvalue weighted by Gasteiger charge is -2.16. The van der Waals surface area contributed by atoms with E-state index >= 15 is 0 Å². The van der Waals surface area contributed by atoms with E-state index in [2.05, 4.69) is 5.32 Å². The van der Waals surface area contributed by atoms with Gasteiger partial charge in [0.1, 0.15) is 23.0 Å². The van der Waals surface area contributed by atoms with E-state index in [9.17, 15) is 14.0 Å². The first-order valence-electron chi connectivity index (χ1n) is 9.64. The van der Waals surface area contributed by atoms with Gasteiger partial charge < -0.3 is 19.4 Å². The third kappa shape index (κ3) is 4.54. The first-order valence-corrected chi connectivity index (χ1v) is 9.64. The molecule has 3 rings (SSSR count). The second kappa shape index (κ2) is 9.58. The molecule has 0 amide bonds. The number of aryl methyl sites for hydroxylation is 1. The van der Waals surface area contributed by atoms with Crippen molar-refractivity contribution in [1.82, 2.24) is 9.47 Å². The van der Waals surface area contributed by atoms with Crippen LogP contribution in [0.5, 0.6) is 0 Å². The first kappa shape index (κ1) is 23.2. The van der Waals surface area contributed by atoms with Crippen LogP contribution in [0, 0.1) is 12.7 Å². The molecule has 0 unspecified atom stereocenters. The minimum Gasteiger partial charge on any atom is -0.465 e. The van der Waals surface area contributed by atoms with Gasteiger partial charge in [0, 0.05) is 7.05 Å². The van der Waals surface area contributed by atoms with Crippen molar-refractivity contribution in [3.8, 4) is 0 Å². The molecule has 0 fully saturated rings. The number of aromatic nitrogens is 1. The quantitative estimate of drug-likeness (QED) is 0.627. The second-order valence-corrected chi connectivity index (χ2v) is 6.88. The van der Waals surface area contributed by atoms with Crippen LogP contribution in [-0.4, -0.2) is 36.6 Å². The molecule has 0 aliphatic heterocycles. The number of methoxy groups -OCH3 is 1. The van der Waals surface area contributed by atoms with E-state index in [1.165, 1.54) is 24.8 Å². The van der Waals surface area contributed by atoms with Gasteiger partial charge in [-0.15, -0.1) is 0 Å². The van der Waals surface area contributed by atoms with Gasteiger partial charge in [0.25, 0.3) is 5.56 Å². The van der Waals surface area contributed by atoms with Crippen molar-refractivity contribution in [2.24, 2.45) is 7.05 Å². The Morgan fingerprint density at radius 2 is 1.93 bits per heavy atom. The van der Waals surface area contributed by atoms with Gasteiger partial charge in [0.2, 0.25) is 0 Å². The molecular weight excluding hydrogens is 389 g/mol. The highest BCUT2D eigenvalue weighted by Gasteiger charge is 2.26. The number of anilines is 2. The minimum atomic E-state index is -0.693. The number of hydrogen-bond donors (Lipinski definition) is 1. The van der Waals surface area contributed by atoms with E-state index in [0.717, 1.165) is 5.56 Å². The summed E-state index contributed by atoms with van der Waals surface area (Å²) in [4.78, 5) is 27.3. The summed E-state index contributed by atoms with van der Waals surface area (Å²) >= 11 is 0. The van der Waals surface area contributed by atoms with Crippen LogP contribution in [-0.2, 0) is 18.3 Å². The zero-order chi connectivity index (χ0) is 22.6. The Morgan fingerprint density at radius 3 is 2.50 bits per heavy atom. The lowest BCUT2D eigenvalue weighted by atomic mass is 10.1. The van der Waals surface area contributed by atoms with E-state index in [1.54, 1.807) is 25.1 Å². The monoisotopic (exact) mass is 417 g/mol. The average Bonchev–Trinajstić information content (AvgIpc) is 3.11. The van der Waals surface area contributed by atoms with Gasteiger partial charge in [-0.05, 0) is 44.8 Å². The van der Waals surface area contributed by atoms with Crippen LogP contribution < -0.4 is 10.9 Å². The maximum atomic E-state index is 14.3. The number of pyridine rings is 1. The Kier molecular flexibility index (Phi) is 7.39. The topological polar surface area (TPSA) is 76.7 Å². The van der Waals surface area contributed by atoms with E-state index in [4.69, 9.17) is 9.15 Å². The number of halogens is 1. The highest BCUT2D eigenvalue weighted by molar-refractivity contribution is 6.06. The highest BCUT2D eigenvalue weighted by atomic mass is 19.1. The van der Waals surface area contributed by atoms with Crippen LogP contribution in [0.2, 0.25) is 0 Å². The molecule has 0 aliphatic carbocycles. The summed E-state index contributed by atoms with van der Waals surface area (Å²) in [5.74, 6) is -0.573. The second-order valence-electron chi connectivity index (χ2n) is 6.88. The number of nitrogens with one attached hydrogen (secondary N) is 1. The number of carbonyl (C=O) groups is 1. The SMILES string of the molecule is CC.COC(=O)c1c(Nc2ccc(C)cc2F)n(C)c(=O)c2cc(CN(C)C)oc12. The Hall–Kier alpha value is -3.13. The minimum absolute atomic E-state index is 0.0320. The third-order valence-corrected chi connectivity index (χ3v) is 4.36. The molecule has 0 aliphatic rings. The van der Waals surface area contributed by atoms with Crippen LogP contribution in [0.1, 0.15) is 35.5 Å². The maximum Gasteiger partial charge on any atom is 0.345 e. The molecule has 0 spiro atoms. The Bertz CT molecular complexity index is 1120. The molecule has 7 nitrogen and oxygen atoms in total. The third-order valence-electron chi connectivity index (χ3n) is 4.36. The molecule has 162 valence electrons. The molecule has 2 aromatic heterocycles. The summed E-state index contributed by atoms with van der Waals surface area (Å²) in [5.41, 5.74) is 0.656. The molecule has 3 aromatic rings. The van der Waals surface area contributed by atoms with Crippen molar-refractivity contribution in [3.63, 3.8) is 0 Å². The Balaban J connectivity index is 0.00000155. The van der Waals surface area contributed by atoms with E-state index in [0.29, 0.717) is 12.3 Å². The molecule has 0 atom stereocenters. The zero-order valence-corrected chi connectivity index (χ0v) is 18.4. The summed E-state index contributed by atoms with van der Waals surface area (Å²) in [6, 6.07) is 6.24. The van der Waals surface area contributed by atoms with Gasteiger partial charge in [-0.2, -0.15) is 0 Å². The number of carbonyl (C=O) groups excluding carboxylic acids is 1. The number of rotatable bonds is 5. The van der Waals surface area contributed by atoms with Crippen molar-refractivity contribution in [2.75, 3.05) is 26.5 Å². The van der Waals surface area contributed by atoms with E-state index in [1.807, 2.05) is 32.8 Å². The fourth-order valence-corrected chi connectivity index (χ4v) is 3.02. The van der Waals surface area contributed by atoms with Gasteiger partial charge in [-0.3, -0.25) is 9.36 Å². The van der Waals surface area contributed by atoms with Gasteiger partial charge in [-0.1, -0.05) is 19.9 Å². The fourth-order valence-electron chi connectivity index (χ4n) is 3.02. The van der Waals surface area contributed by atoms with Crippen molar-refractivity contribution < 1.29 is 18.3 Å². The molecule has 0 bridgehead atoms. The van der Waals surface area contributed by atoms with Crippen molar-refractivity contribution in [1.29, 1.82) is 0 Å². The largest absolute Gasteiger partial charge is 0.465 e. The number of fused-ring (bicyclic) bond motifs is 1.